The van der Waals surface area contributed by atoms with Crippen molar-refractivity contribution in [2.45, 2.75) is 6.04 Å². The van der Waals surface area contributed by atoms with Gasteiger partial charge in [-0.2, -0.15) is 0 Å². The van der Waals surface area contributed by atoms with Crippen molar-refractivity contribution in [1.29, 1.82) is 0 Å². The predicted molar refractivity (Wildman–Crippen MR) is 79.8 cm³/mol. The van der Waals surface area contributed by atoms with Crippen LogP contribution < -0.4 is 5.73 Å². The van der Waals surface area contributed by atoms with Crippen LogP contribution >= 0.6 is 27.3 Å². The summed E-state index contributed by atoms with van der Waals surface area (Å²) in [6.45, 7) is 0. The zero-order chi connectivity index (χ0) is 12.5. The van der Waals surface area contributed by atoms with Crippen LogP contribution in [0.3, 0.4) is 0 Å². The van der Waals surface area contributed by atoms with Crippen LogP contribution in [-0.4, -0.2) is 4.98 Å². The number of rotatable bonds is 2. The van der Waals surface area contributed by atoms with Gasteiger partial charge in [-0.25, -0.2) is 0 Å². The first-order chi connectivity index (χ1) is 8.74. The maximum Gasteiger partial charge on any atom is 0.0705 e. The third-order valence-electron chi connectivity index (χ3n) is 2.94. The normalized spacial score (nSPS) is 12.8. The number of hydrogen-bond acceptors (Lipinski definition) is 3. The van der Waals surface area contributed by atoms with Gasteiger partial charge in [0.1, 0.15) is 0 Å². The fourth-order valence-corrected chi connectivity index (χ4v) is 3.17. The van der Waals surface area contributed by atoms with Crippen LogP contribution in [0.1, 0.15) is 17.2 Å². The third kappa shape index (κ3) is 2.19. The molecule has 2 aromatic heterocycles. The maximum absolute atomic E-state index is 6.28. The van der Waals surface area contributed by atoms with Crippen molar-refractivity contribution in [3.05, 3.63) is 62.9 Å². The van der Waals surface area contributed by atoms with Crippen LogP contribution in [-0.2, 0) is 0 Å². The SMILES string of the molecule is NC(c1csc(Br)c1)c1ccc2cccnc2c1. The number of thiophene rings is 1. The molecule has 90 valence electrons. The molecule has 0 aliphatic carbocycles. The van der Waals surface area contributed by atoms with Gasteiger partial charge in [0, 0.05) is 11.6 Å². The van der Waals surface area contributed by atoms with Crippen molar-refractivity contribution in [1.82, 2.24) is 4.98 Å². The van der Waals surface area contributed by atoms with E-state index in [1.807, 2.05) is 6.07 Å². The summed E-state index contributed by atoms with van der Waals surface area (Å²) < 4.78 is 1.10. The van der Waals surface area contributed by atoms with Gasteiger partial charge in [0.2, 0.25) is 0 Å². The molecule has 0 spiro atoms. The molecule has 2 nitrogen and oxygen atoms in total. The highest BCUT2D eigenvalue weighted by molar-refractivity contribution is 9.11. The monoisotopic (exact) mass is 318 g/mol. The molecule has 1 atom stereocenters. The number of benzene rings is 1. The highest BCUT2D eigenvalue weighted by atomic mass is 79.9. The van der Waals surface area contributed by atoms with E-state index in [4.69, 9.17) is 5.73 Å². The number of fused-ring (bicyclic) bond motifs is 1. The summed E-state index contributed by atoms with van der Waals surface area (Å²) >= 11 is 5.12. The lowest BCUT2D eigenvalue weighted by Crippen LogP contribution is -2.10. The van der Waals surface area contributed by atoms with Gasteiger partial charge in [0.25, 0.3) is 0 Å². The minimum atomic E-state index is -0.0982. The molecule has 18 heavy (non-hydrogen) atoms. The first-order valence-electron chi connectivity index (χ1n) is 5.58. The quantitative estimate of drug-likeness (QED) is 0.772. The maximum atomic E-state index is 6.28. The van der Waals surface area contributed by atoms with Crippen molar-refractivity contribution in [3.8, 4) is 0 Å². The average Bonchev–Trinajstić information content (AvgIpc) is 2.84. The van der Waals surface area contributed by atoms with Crippen LogP contribution in [0.4, 0.5) is 0 Å². The largest absolute Gasteiger partial charge is 0.320 e. The Bertz CT molecular complexity index is 693. The van der Waals surface area contributed by atoms with Gasteiger partial charge in [-0.05, 0) is 50.6 Å². The summed E-state index contributed by atoms with van der Waals surface area (Å²) in [5.41, 5.74) is 9.48. The Morgan fingerprint density at radius 2 is 2.06 bits per heavy atom. The van der Waals surface area contributed by atoms with Crippen molar-refractivity contribution >= 4 is 38.2 Å². The van der Waals surface area contributed by atoms with Gasteiger partial charge in [0.05, 0.1) is 15.3 Å². The fraction of sp³-hybridized carbons (Fsp3) is 0.0714. The smallest absolute Gasteiger partial charge is 0.0705 e. The van der Waals surface area contributed by atoms with Crippen LogP contribution in [0.5, 0.6) is 0 Å². The molecule has 1 unspecified atom stereocenters. The average molecular weight is 319 g/mol. The Balaban J connectivity index is 2.03. The van der Waals surface area contributed by atoms with Gasteiger partial charge in [-0.3, -0.25) is 4.98 Å². The minimum absolute atomic E-state index is 0.0982. The number of halogens is 1. The number of aromatic nitrogens is 1. The molecule has 0 bridgehead atoms. The molecule has 1 aromatic carbocycles. The summed E-state index contributed by atoms with van der Waals surface area (Å²) in [6.07, 6.45) is 1.80. The number of hydrogen-bond donors (Lipinski definition) is 1. The minimum Gasteiger partial charge on any atom is -0.320 e. The van der Waals surface area contributed by atoms with Crippen LogP contribution in [0.25, 0.3) is 10.9 Å². The van der Waals surface area contributed by atoms with E-state index in [2.05, 4.69) is 56.6 Å². The number of pyridine rings is 1. The highest BCUT2D eigenvalue weighted by Crippen LogP contribution is 2.28. The molecule has 0 saturated carbocycles. The molecule has 0 aliphatic heterocycles. The van der Waals surface area contributed by atoms with Crippen molar-refractivity contribution in [3.63, 3.8) is 0 Å². The second-order valence-electron chi connectivity index (χ2n) is 4.12. The molecule has 0 aliphatic rings. The molecular weight excluding hydrogens is 308 g/mol. The first-order valence-corrected chi connectivity index (χ1v) is 7.25. The van der Waals surface area contributed by atoms with E-state index in [9.17, 15) is 0 Å². The predicted octanol–water partition coefficient (Wildman–Crippen LogP) is 4.11. The van der Waals surface area contributed by atoms with Gasteiger partial charge in [-0.1, -0.05) is 18.2 Å². The topological polar surface area (TPSA) is 38.9 Å². The molecule has 0 radical (unpaired) electrons. The summed E-state index contributed by atoms with van der Waals surface area (Å²) in [6, 6.07) is 12.2. The van der Waals surface area contributed by atoms with Gasteiger partial charge >= 0.3 is 0 Å². The molecule has 0 amide bonds. The second-order valence-corrected chi connectivity index (χ2v) is 6.41. The summed E-state index contributed by atoms with van der Waals surface area (Å²) in [5, 5.41) is 3.22. The summed E-state index contributed by atoms with van der Waals surface area (Å²) in [4.78, 5) is 4.36. The van der Waals surface area contributed by atoms with Gasteiger partial charge in [-0.15, -0.1) is 11.3 Å². The van der Waals surface area contributed by atoms with Crippen LogP contribution in [0, 0.1) is 0 Å². The molecule has 3 rings (SSSR count). The van der Waals surface area contributed by atoms with Gasteiger partial charge < -0.3 is 5.73 Å². The number of nitrogens with two attached hydrogens (primary N) is 1. The third-order valence-corrected chi connectivity index (χ3v) is 4.46. The lowest BCUT2D eigenvalue weighted by atomic mass is 10.0. The van der Waals surface area contributed by atoms with E-state index in [1.165, 1.54) is 0 Å². The van der Waals surface area contributed by atoms with E-state index in [0.29, 0.717) is 0 Å². The first kappa shape index (κ1) is 11.8. The molecule has 0 saturated heterocycles. The van der Waals surface area contributed by atoms with E-state index < -0.39 is 0 Å². The van der Waals surface area contributed by atoms with Crippen LogP contribution in [0.2, 0.25) is 0 Å². The fourth-order valence-electron chi connectivity index (χ4n) is 1.96. The van der Waals surface area contributed by atoms with E-state index in [1.54, 1.807) is 17.5 Å². The molecule has 0 fully saturated rings. The zero-order valence-electron chi connectivity index (χ0n) is 9.51. The van der Waals surface area contributed by atoms with Crippen LogP contribution in [0.15, 0.2) is 51.8 Å². The molecular formula is C14H11BrN2S. The standard InChI is InChI=1S/C14H11BrN2S/c15-13-7-11(8-18-13)14(16)10-4-3-9-2-1-5-17-12(9)6-10/h1-8,14H,16H2. The molecule has 4 heteroatoms. The van der Waals surface area contributed by atoms with E-state index >= 15 is 0 Å². The Labute approximate surface area is 118 Å². The molecule has 2 N–H and O–H groups in total. The lowest BCUT2D eigenvalue weighted by molar-refractivity contribution is 0.878. The van der Waals surface area contributed by atoms with E-state index in [-0.39, 0.29) is 6.04 Å². The lowest BCUT2D eigenvalue weighted by Gasteiger charge is -2.11. The molecule has 2 heterocycles. The zero-order valence-corrected chi connectivity index (χ0v) is 11.9. The number of nitrogens with zero attached hydrogens (tertiary/aromatic N) is 1. The summed E-state index contributed by atoms with van der Waals surface area (Å²) in [7, 11) is 0. The second kappa shape index (κ2) is 4.80. The Hall–Kier alpha value is -1.23. The summed E-state index contributed by atoms with van der Waals surface area (Å²) in [5.74, 6) is 0. The highest BCUT2D eigenvalue weighted by Gasteiger charge is 2.11. The molecule has 3 aromatic rings. The van der Waals surface area contributed by atoms with Crippen molar-refractivity contribution < 1.29 is 0 Å². The van der Waals surface area contributed by atoms with Crippen molar-refractivity contribution in [2.24, 2.45) is 5.73 Å². The Kier molecular flexibility index (Phi) is 3.16. The van der Waals surface area contributed by atoms with Crippen molar-refractivity contribution in [2.75, 3.05) is 0 Å². The Morgan fingerprint density at radius 1 is 1.17 bits per heavy atom. The van der Waals surface area contributed by atoms with Gasteiger partial charge in [0.15, 0.2) is 0 Å². The van der Waals surface area contributed by atoms with E-state index in [0.717, 1.165) is 25.8 Å². The Morgan fingerprint density at radius 3 is 2.83 bits per heavy atom.